The number of amides is 2. The van der Waals surface area contributed by atoms with E-state index in [9.17, 15) is 14.4 Å². The Labute approximate surface area is 93.7 Å². The lowest BCUT2D eigenvalue weighted by Crippen LogP contribution is -2.44. The normalized spacial score (nSPS) is 11.4. The molecule has 0 aromatic carbocycles. The van der Waals surface area contributed by atoms with Crippen molar-refractivity contribution in [1.82, 2.24) is 10.6 Å². The van der Waals surface area contributed by atoms with Gasteiger partial charge in [0.15, 0.2) is 0 Å². The molecule has 0 saturated carbocycles. The minimum atomic E-state index is -0.835. The number of nitrogens with one attached hydrogen (secondary N) is 2. The van der Waals surface area contributed by atoms with E-state index in [1.54, 1.807) is 0 Å². The van der Waals surface area contributed by atoms with Crippen LogP contribution < -0.4 is 16.4 Å². The zero-order valence-corrected chi connectivity index (χ0v) is 9.41. The summed E-state index contributed by atoms with van der Waals surface area (Å²) in [5, 5.41) is 4.79. The number of esters is 1. The zero-order chi connectivity index (χ0) is 12.6. The Morgan fingerprint density at radius 1 is 1.31 bits per heavy atom. The molecule has 1 unspecified atom stereocenters. The Kier molecular flexibility index (Phi) is 6.86. The lowest BCUT2D eigenvalue weighted by Gasteiger charge is -2.15. The van der Waals surface area contributed by atoms with Crippen molar-refractivity contribution in [3.05, 3.63) is 0 Å². The predicted molar refractivity (Wildman–Crippen MR) is 56.3 cm³/mol. The quantitative estimate of drug-likeness (QED) is 0.464. The van der Waals surface area contributed by atoms with Crippen LogP contribution in [0.2, 0.25) is 0 Å². The van der Waals surface area contributed by atoms with Crippen LogP contribution >= 0.6 is 0 Å². The van der Waals surface area contributed by atoms with Gasteiger partial charge in [-0.15, -0.1) is 0 Å². The smallest absolute Gasteiger partial charge is 0.328 e. The summed E-state index contributed by atoms with van der Waals surface area (Å²) in [5.41, 5.74) is 5.10. The molecule has 0 saturated heterocycles. The average Bonchev–Trinajstić information content (AvgIpc) is 2.32. The molecule has 16 heavy (non-hydrogen) atoms. The third kappa shape index (κ3) is 5.30. The van der Waals surface area contributed by atoms with E-state index in [4.69, 9.17) is 5.73 Å². The topological polar surface area (TPSA) is 111 Å². The summed E-state index contributed by atoms with van der Waals surface area (Å²) in [4.78, 5) is 33.2. The molecule has 0 rings (SSSR count). The molecule has 2 amide bonds. The van der Waals surface area contributed by atoms with Crippen LogP contribution in [0.1, 0.15) is 12.8 Å². The maximum absolute atomic E-state index is 11.3. The van der Waals surface area contributed by atoms with Gasteiger partial charge >= 0.3 is 5.97 Å². The molecule has 0 aromatic rings. The van der Waals surface area contributed by atoms with Gasteiger partial charge in [-0.2, -0.15) is 0 Å². The largest absolute Gasteiger partial charge is 0.467 e. The number of rotatable bonds is 6. The van der Waals surface area contributed by atoms with Crippen molar-refractivity contribution < 1.29 is 19.1 Å². The maximum atomic E-state index is 11.3. The van der Waals surface area contributed by atoms with Gasteiger partial charge in [-0.05, 0) is 6.42 Å². The average molecular weight is 231 g/mol. The molecule has 4 N–H and O–H groups in total. The Bertz CT molecular complexity index is 267. The van der Waals surface area contributed by atoms with E-state index >= 15 is 0 Å². The molecule has 0 aromatic heterocycles. The van der Waals surface area contributed by atoms with E-state index < -0.39 is 17.9 Å². The molecule has 1 atom stereocenters. The van der Waals surface area contributed by atoms with E-state index in [2.05, 4.69) is 15.4 Å². The summed E-state index contributed by atoms with van der Waals surface area (Å²) in [6, 6.07) is -0.835. The van der Waals surface area contributed by atoms with Gasteiger partial charge in [0, 0.05) is 13.5 Å². The lowest BCUT2D eigenvalue weighted by molar-refractivity contribution is -0.145. The van der Waals surface area contributed by atoms with E-state index in [0.29, 0.717) is 0 Å². The van der Waals surface area contributed by atoms with Crippen LogP contribution in [0.5, 0.6) is 0 Å². The van der Waals surface area contributed by atoms with E-state index in [0.717, 1.165) is 0 Å². The van der Waals surface area contributed by atoms with Crippen molar-refractivity contribution in [2.45, 2.75) is 18.9 Å². The minimum Gasteiger partial charge on any atom is -0.467 e. The van der Waals surface area contributed by atoms with Crippen molar-refractivity contribution in [3.8, 4) is 0 Å². The zero-order valence-electron chi connectivity index (χ0n) is 9.41. The number of methoxy groups -OCH3 is 1. The van der Waals surface area contributed by atoms with Crippen molar-refractivity contribution in [1.29, 1.82) is 0 Å². The highest BCUT2D eigenvalue weighted by Gasteiger charge is 2.21. The molecule has 92 valence electrons. The van der Waals surface area contributed by atoms with Crippen LogP contribution in [-0.2, 0) is 19.1 Å². The number of ether oxygens (including phenoxy) is 1. The first kappa shape index (κ1) is 14.4. The molecule has 7 nitrogen and oxygen atoms in total. The fraction of sp³-hybridized carbons (Fsp3) is 0.667. The molecule has 0 aliphatic rings. The summed E-state index contributed by atoms with van der Waals surface area (Å²) in [5.74, 6) is -1.27. The first-order valence-corrected chi connectivity index (χ1v) is 4.83. The third-order valence-electron chi connectivity index (χ3n) is 1.95. The fourth-order valence-electron chi connectivity index (χ4n) is 1.04. The Morgan fingerprint density at radius 3 is 2.38 bits per heavy atom. The first-order chi connectivity index (χ1) is 7.54. The molecule has 0 radical (unpaired) electrons. The summed E-state index contributed by atoms with van der Waals surface area (Å²) >= 11 is 0. The van der Waals surface area contributed by atoms with Crippen LogP contribution in [0.3, 0.4) is 0 Å². The summed E-state index contributed by atoms with van der Waals surface area (Å²) in [6.45, 7) is -0.215. The maximum Gasteiger partial charge on any atom is 0.328 e. The van der Waals surface area contributed by atoms with Gasteiger partial charge in [0.1, 0.15) is 6.04 Å². The van der Waals surface area contributed by atoms with E-state index in [-0.39, 0.29) is 25.3 Å². The highest BCUT2D eigenvalue weighted by Crippen LogP contribution is 1.99. The molecule has 0 aliphatic carbocycles. The van der Waals surface area contributed by atoms with Gasteiger partial charge in [-0.1, -0.05) is 0 Å². The van der Waals surface area contributed by atoms with Gasteiger partial charge in [-0.3, -0.25) is 9.59 Å². The van der Waals surface area contributed by atoms with E-state index in [1.165, 1.54) is 14.2 Å². The molecule has 0 spiro atoms. The van der Waals surface area contributed by atoms with E-state index in [1.807, 2.05) is 0 Å². The van der Waals surface area contributed by atoms with Gasteiger partial charge < -0.3 is 21.1 Å². The van der Waals surface area contributed by atoms with Crippen LogP contribution in [0, 0.1) is 0 Å². The van der Waals surface area contributed by atoms with Crippen molar-refractivity contribution in [2.24, 2.45) is 5.73 Å². The summed E-state index contributed by atoms with van der Waals surface area (Å²) in [7, 11) is 2.71. The van der Waals surface area contributed by atoms with Crippen LogP contribution in [0.4, 0.5) is 0 Å². The molecule has 0 aliphatic heterocycles. The summed E-state index contributed by atoms with van der Waals surface area (Å²) < 4.78 is 4.50. The molecular formula is C9H17N3O4. The number of hydrogen-bond donors (Lipinski definition) is 3. The molecule has 0 fully saturated rings. The van der Waals surface area contributed by atoms with Crippen molar-refractivity contribution in [2.75, 3.05) is 20.7 Å². The molecular weight excluding hydrogens is 214 g/mol. The number of carbonyl (C=O) groups is 3. The monoisotopic (exact) mass is 231 g/mol. The van der Waals surface area contributed by atoms with Gasteiger partial charge in [0.2, 0.25) is 11.8 Å². The molecule has 7 heteroatoms. The lowest BCUT2D eigenvalue weighted by atomic mass is 10.1. The SMILES string of the molecule is CNC(=O)CCC(NC(=O)CN)C(=O)OC. The second-order valence-corrected chi connectivity index (χ2v) is 3.06. The fourth-order valence-corrected chi connectivity index (χ4v) is 1.04. The Morgan fingerprint density at radius 2 is 1.94 bits per heavy atom. The second-order valence-electron chi connectivity index (χ2n) is 3.06. The van der Waals surface area contributed by atoms with Crippen LogP contribution in [0.15, 0.2) is 0 Å². The Balaban J connectivity index is 4.26. The first-order valence-electron chi connectivity index (χ1n) is 4.83. The minimum absolute atomic E-state index is 0.126. The highest BCUT2D eigenvalue weighted by atomic mass is 16.5. The van der Waals surface area contributed by atoms with Gasteiger partial charge in [-0.25, -0.2) is 4.79 Å². The third-order valence-corrected chi connectivity index (χ3v) is 1.95. The predicted octanol–water partition coefficient (Wildman–Crippen LogP) is -1.87. The number of carbonyl (C=O) groups excluding carboxylic acids is 3. The number of nitrogens with two attached hydrogens (primary N) is 1. The Hall–Kier alpha value is -1.63. The number of hydrogen-bond acceptors (Lipinski definition) is 5. The molecule has 0 heterocycles. The summed E-state index contributed by atoms with van der Waals surface area (Å²) in [6.07, 6.45) is 0.305. The second kappa shape index (κ2) is 7.63. The van der Waals surface area contributed by atoms with Crippen molar-refractivity contribution >= 4 is 17.8 Å². The van der Waals surface area contributed by atoms with Gasteiger partial charge in [0.25, 0.3) is 0 Å². The molecule has 0 bridgehead atoms. The van der Waals surface area contributed by atoms with Crippen LogP contribution in [-0.4, -0.2) is 44.5 Å². The van der Waals surface area contributed by atoms with Gasteiger partial charge in [0.05, 0.1) is 13.7 Å². The highest BCUT2D eigenvalue weighted by molar-refractivity contribution is 5.86. The van der Waals surface area contributed by atoms with Crippen molar-refractivity contribution in [3.63, 3.8) is 0 Å². The van der Waals surface area contributed by atoms with Crippen LogP contribution in [0.25, 0.3) is 0 Å². The standard InChI is InChI=1S/C9H17N3O4/c1-11-7(13)4-3-6(9(15)16-2)12-8(14)5-10/h6H,3-5,10H2,1-2H3,(H,11,13)(H,12,14).